The second-order valence-corrected chi connectivity index (χ2v) is 21.9. The fraction of sp³-hybridized carbons (Fsp3) is 0. The SMILES string of the molecule is O=S(=O)(O)c1ccc(N=Nc2c(O)ccc3ccccc23)c2ccccc12.O=S(=O)(O)c1ccc(N=Nc2c([O-])ccc3ccccc23)c2ccccc12.O=S(=O)([O-])c1ccc(N=Nc2c([O-])ccc3ccccc23)c2ccccc12.[Al+3]. The summed E-state index contributed by atoms with van der Waals surface area (Å²) in [4.78, 5) is -0.705. The van der Waals surface area contributed by atoms with Crippen LogP contribution in [0.4, 0.5) is 34.1 Å². The van der Waals surface area contributed by atoms with E-state index in [2.05, 4.69) is 30.7 Å². The third-order valence-corrected chi connectivity index (χ3v) is 15.5. The number of hydrogen-bond donors (Lipinski definition) is 3. The van der Waals surface area contributed by atoms with Crippen molar-refractivity contribution in [2.75, 3.05) is 0 Å². The van der Waals surface area contributed by atoms with Crippen LogP contribution in [0.2, 0.25) is 0 Å². The van der Waals surface area contributed by atoms with Gasteiger partial charge in [0.1, 0.15) is 31.3 Å². The molecule has 0 aliphatic heterocycles. The number of fused-ring (bicyclic) bond motifs is 6. The summed E-state index contributed by atoms with van der Waals surface area (Å²) in [7, 11) is -13.4. The molecule has 12 rings (SSSR count). The average molecular weight is 1160 g/mol. The third-order valence-electron chi connectivity index (χ3n) is 12.8. The minimum Gasteiger partial charge on any atom is -0.871 e. The molecule has 0 heterocycles. The zero-order chi connectivity index (χ0) is 57.1. The molecule has 0 atom stereocenters. The van der Waals surface area contributed by atoms with Crippen molar-refractivity contribution < 1.29 is 54.2 Å². The first kappa shape index (κ1) is 57.4. The summed E-state index contributed by atoms with van der Waals surface area (Å²) in [5.41, 5.74) is 1.94. The number of phenols is 1. The van der Waals surface area contributed by atoms with Gasteiger partial charge in [0, 0.05) is 48.5 Å². The van der Waals surface area contributed by atoms with Gasteiger partial charge in [-0.3, -0.25) is 9.11 Å². The molecule has 22 heteroatoms. The Kier molecular flexibility index (Phi) is 16.6. The molecule has 0 saturated heterocycles. The van der Waals surface area contributed by atoms with Crippen LogP contribution in [0.5, 0.6) is 17.2 Å². The van der Waals surface area contributed by atoms with Crippen LogP contribution in [0.15, 0.2) is 264 Å². The number of benzene rings is 12. The van der Waals surface area contributed by atoms with Crippen LogP contribution in [0.1, 0.15) is 0 Å². The summed E-state index contributed by atoms with van der Waals surface area (Å²) < 4.78 is 99.6. The molecule has 82 heavy (non-hydrogen) atoms. The maximum absolute atomic E-state index is 12.2. The number of azo groups is 3. The molecule has 3 N–H and O–H groups in total. The molecule has 0 amide bonds. The molecule has 0 fully saturated rings. The summed E-state index contributed by atoms with van der Waals surface area (Å²) >= 11 is 0. The van der Waals surface area contributed by atoms with E-state index < -0.39 is 30.4 Å². The van der Waals surface area contributed by atoms with Gasteiger partial charge in [-0.25, -0.2) is 8.42 Å². The minimum absolute atomic E-state index is 0. The van der Waals surface area contributed by atoms with Crippen LogP contribution in [0, 0.1) is 0 Å². The van der Waals surface area contributed by atoms with Gasteiger partial charge in [0.15, 0.2) is 0 Å². The fourth-order valence-corrected chi connectivity index (χ4v) is 11.1. The van der Waals surface area contributed by atoms with Gasteiger partial charge in [-0.15, -0.1) is 20.5 Å². The zero-order valence-electron chi connectivity index (χ0n) is 42.3. The molecular formula is C60H39AlN6O12S3. The standard InChI is InChI=1S/3C20H14N2O4S.Al/c3*23-18-11-9-13-5-1-2-6-14(13)20(18)22-21-17-10-12-19(27(24,25)26)16-8-4-3-7-15(16)17;/h3*1-12,23H,(H,24,25,26);/q;;;+3/p-3. The molecule has 402 valence electrons. The minimum atomic E-state index is -4.62. The Morgan fingerprint density at radius 2 is 0.585 bits per heavy atom. The first-order valence-electron chi connectivity index (χ1n) is 24.1. The number of aromatic hydroxyl groups is 1. The second-order valence-electron chi connectivity index (χ2n) is 17.8. The van der Waals surface area contributed by atoms with E-state index in [1.807, 2.05) is 60.7 Å². The molecule has 0 saturated carbocycles. The Balaban J connectivity index is 0.000000147. The van der Waals surface area contributed by atoms with E-state index in [-0.39, 0.29) is 66.1 Å². The van der Waals surface area contributed by atoms with Crippen LogP contribution in [-0.2, 0) is 30.4 Å². The number of rotatable bonds is 9. The van der Waals surface area contributed by atoms with E-state index in [4.69, 9.17) is 0 Å². The Labute approximate surface area is 478 Å². The maximum atomic E-state index is 12.2. The Morgan fingerprint density at radius 1 is 0.305 bits per heavy atom. The van der Waals surface area contributed by atoms with Gasteiger partial charge in [0.2, 0.25) is 0 Å². The number of phenolic OH excluding ortho intramolecular Hbond substituents is 1. The Hall–Kier alpha value is -9.34. The summed E-state index contributed by atoms with van der Waals surface area (Å²) in [6, 6.07) is 59.8. The molecular weight excluding hydrogens is 1120 g/mol. The summed E-state index contributed by atoms with van der Waals surface area (Å²) in [5, 5.41) is 66.9. The van der Waals surface area contributed by atoms with E-state index in [0.717, 1.165) is 21.5 Å². The van der Waals surface area contributed by atoms with Crippen molar-refractivity contribution in [3.8, 4) is 17.2 Å². The van der Waals surface area contributed by atoms with Crippen LogP contribution in [0.25, 0.3) is 64.6 Å². The van der Waals surface area contributed by atoms with Crippen molar-refractivity contribution in [2.45, 2.75) is 14.7 Å². The van der Waals surface area contributed by atoms with Crippen molar-refractivity contribution in [3.05, 3.63) is 218 Å². The van der Waals surface area contributed by atoms with Gasteiger partial charge in [-0.1, -0.05) is 187 Å². The van der Waals surface area contributed by atoms with Gasteiger partial charge in [0.25, 0.3) is 20.2 Å². The summed E-state index contributed by atoms with van der Waals surface area (Å²) in [6.07, 6.45) is 0. The number of nitrogens with zero attached hydrogens (tertiary/aromatic N) is 6. The second kappa shape index (κ2) is 23.8. The molecule has 18 nitrogen and oxygen atoms in total. The van der Waals surface area contributed by atoms with E-state index in [1.54, 1.807) is 103 Å². The van der Waals surface area contributed by atoms with Crippen LogP contribution in [-0.4, -0.2) is 61.4 Å². The molecule has 0 aliphatic rings. The monoisotopic (exact) mass is 1160 g/mol. The van der Waals surface area contributed by atoms with Crippen molar-refractivity contribution in [1.29, 1.82) is 0 Å². The molecule has 0 aromatic heterocycles. The van der Waals surface area contributed by atoms with Crippen LogP contribution >= 0.6 is 0 Å². The first-order valence-corrected chi connectivity index (χ1v) is 28.4. The summed E-state index contributed by atoms with van der Waals surface area (Å²) in [5.74, 6) is -0.520. The molecule has 0 bridgehead atoms. The largest absolute Gasteiger partial charge is 3.00 e. The third kappa shape index (κ3) is 12.2. The fourth-order valence-electron chi connectivity index (χ4n) is 9.03. The van der Waals surface area contributed by atoms with Gasteiger partial charge in [-0.05, 0) is 58.6 Å². The number of hydrogen-bond acceptors (Lipinski definition) is 16. The smallest absolute Gasteiger partial charge is 0.871 e. The molecule has 0 spiro atoms. The van der Waals surface area contributed by atoms with Crippen molar-refractivity contribution in [2.24, 2.45) is 30.7 Å². The maximum Gasteiger partial charge on any atom is 3.00 e. The van der Waals surface area contributed by atoms with E-state index in [9.17, 15) is 54.2 Å². The normalized spacial score (nSPS) is 12.0. The van der Waals surface area contributed by atoms with Crippen molar-refractivity contribution >= 4 is 146 Å². The van der Waals surface area contributed by atoms with Crippen molar-refractivity contribution in [1.82, 2.24) is 0 Å². The van der Waals surface area contributed by atoms with Gasteiger partial charge >= 0.3 is 17.4 Å². The Bertz CT molecular complexity index is 4440. The summed E-state index contributed by atoms with van der Waals surface area (Å²) in [6.45, 7) is 0. The average Bonchev–Trinajstić information content (AvgIpc) is 3.53. The van der Waals surface area contributed by atoms with Crippen molar-refractivity contribution in [3.63, 3.8) is 0 Å². The Morgan fingerprint density at radius 3 is 0.939 bits per heavy atom. The molecule has 0 unspecified atom stereocenters. The van der Waals surface area contributed by atoms with Crippen LogP contribution in [0.3, 0.4) is 0 Å². The quantitative estimate of drug-likeness (QED) is 0.0690. The zero-order valence-corrected chi connectivity index (χ0v) is 45.9. The van der Waals surface area contributed by atoms with Crippen LogP contribution < -0.4 is 10.2 Å². The topological polar surface area (TPSA) is 306 Å². The molecule has 0 aliphatic carbocycles. The molecule has 0 radical (unpaired) electrons. The molecule has 12 aromatic rings. The van der Waals surface area contributed by atoms with Gasteiger partial charge in [-0.2, -0.15) is 27.1 Å². The van der Waals surface area contributed by atoms with E-state index in [1.165, 1.54) is 54.6 Å². The first-order chi connectivity index (χ1) is 38.8. The van der Waals surface area contributed by atoms with E-state index in [0.29, 0.717) is 60.5 Å². The predicted molar refractivity (Wildman–Crippen MR) is 310 cm³/mol. The van der Waals surface area contributed by atoms with Gasteiger partial charge in [0.05, 0.1) is 33.3 Å². The van der Waals surface area contributed by atoms with E-state index >= 15 is 0 Å². The molecule has 12 aromatic carbocycles. The van der Waals surface area contributed by atoms with Gasteiger partial charge < -0.3 is 19.9 Å². The predicted octanol–water partition coefficient (Wildman–Crippen LogP) is 14.1.